The predicted molar refractivity (Wildman–Crippen MR) is 76.2 cm³/mol. The maximum absolute atomic E-state index is 13.2. The Morgan fingerprint density at radius 3 is 2.95 bits per heavy atom. The SMILES string of the molecule is OC[C@H]1CCN(Cc2nnc(-c3cccc(F)c3)o2)C[C@@H]1O. The summed E-state index contributed by atoms with van der Waals surface area (Å²) >= 11 is 0. The summed E-state index contributed by atoms with van der Waals surface area (Å²) in [6.45, 7) is 1.64. The van der Waals surface area contributed by atoms with Crippen LogP contribution in [0, 0.1) is 11.7 Å². The Labute approximate surface area is 127 Å². The lowest BCUT2D eigenvalue weighted by atomic mass is 9.95. The molecule has 1 aromatic heterocycles. The van der Waals surface area contributed by atoms with Crippen LogP contribution in [0.1, 0.15) is 12.3 Å². The highest BCUT2D eigenvalue weighted by Gasteiger charge is 2.27. The van der Waals surface area contributed by atoms with Crippen molar-refractivity contribution in [2.45, 2.75) is 19.1 Å². The van der Waals surface area contributed by atoms with E-state index in [0.29, 0.717) is 24.5 Å². The molecule has 7 heteroatoms. The van der Waals surface area contributed by atoms with E-state index in [1.165, 1.54) is 12.1 Å². The lowest BCUT2D eigenvalue weighted by molar-refractivity contribution is -0.00666. The topological polar surface area (TPSA) is 82.6 Å². The van der Waals surface area contributed by atoms with E-state index in [9.17, 15) is 9.50 Å². The van der Waals surface area contributed by atoms with E-state index in [1.807, 2.05) is 4.90 Å². The molecule has 2 aromatic rings. The monoisotopic (exact) mass is 307 g/mol. The normalized spacial score (nSPS) is 22.9. The molecule has 2 heterocycles. The van der Waals surface area contributed by atoms with Crippen LogP contribution < -0.4 is 0 Å². The largest absolute Gasteiger partial charge is 0.419 e. The number of aromatic nitrogens is 2. The first-order chi connectivity index (χ1) is 10.7. The molecule has 0 bridgehead atoms. The Morgan fingerprint density at radius 2 is 2.23 bits per heavy atom. The Hall–Kier alpha value is -1.83. The summed E-state index contributed by atoms with van der Waals surface area (Å²) in [4.78, 5) is 2.00. The fourth-order valence-corrected chi connectivity index (χ4v) is 2.65. The summed E-state index contributed by atoms with van der Waals surface area (Å²) in [7, 11) is 0. The quantitative estimate of drug-likeness (QED) is 0.878. The highest BCUT2D eigenvalue weighted by molar-refractivity contribution is 5.52. The maximum atomic E-state index is 13.2. The van der Waals surface area contributed by atoms with Gasteiger partial charge in [-0.25, -0.2) is 4.39 Å². The van der Waals surface area contributed by atoms with Crippen molar-refractivity contribution >= 4 is 0 Å². The minimum absolute atomic E-state index is 0.000711. The molecular formula is C15H18FN3O3. The van der Waals surface area contributed by atoms with Gasteiger partial charge in [-0.2, -0.15) is 0 Å². The number of nitrogens with zero attached hydrogens (tertiary/aromatic N) is 3. The third-order valence-electron chi connectivity index (χ3n) is 3.94. The molecule has 2 atom stereocenters. The molecule has 0 spiro atoms. The highest BCUT2D eigenvalue weighted by atomic mass is 19.1. The Kier molecular flexibility index (Phi) is 4.47. The number of rotatable bonds is 4. The summed E-state index contributed by atoms with van der Waals surface area (Å²) in [5, 5.41) is 27.0. The Morgan fingerprint density at radius 1 is 1.36 bits per heavy atom. The van der Waals surface area contributed by atoms with E-state index in [4.69, 9.17) is 9.52 Å². The van der Waals surface area contributed by atoms with Gasteiger partial charge in [-0.1, -0.05) is 6.07 Å². The Balaban J connectivity index is 1.65. The standard InChI is InChI=1S/C15H18FN3O3/c16-12-3-1-2-10(6-12)15-18-17-14(22-15)8-19-5-4-11(9-20)13(21)7-19/h1-3,6,11,13,20-21H,4-5,7-9H2/t11-,13+/m1/s1. The highest BCUT2D eigenvalue weighted by Crippen LogP contribution is 2.21. The van der Waals surface area contributed by atoms with Gasteiger partial charge < -0.3 is 14.6 Å². The van der Waals surface area contributed by atoms with Gasteiger partial charge >= 0.3 is 0 Å². The van der Waals surface area contributed by atoms with E-state index in [2.05, 4.69) is 10.2 Å². The van der Waals surface area contributed by atoms with Gasteiger partial charge in [0.05, 0.1) is 12.6 Å². The summed E-state index contributed by atoms with van der Waals surface area (Å²) in [5.74, 6) is 0.280. The number of likely N-dealkylation sites (tertiary alicyclic amines) is 1. The molecule has 118 valence electrons. The lowest BCUT2D eigenvalue weighted by Crippen LogP contribution is -2.44. The van der Waals surface area contributed by atoms with Gasteiger partial charge in [0.25, 0.3) is 0 Å². The molecule has 3 rings (SSSR count). The molecule has 0 radical (unpaired) electrons. The van der Waals surface area contributed by atoms with Crippen LogP contribution in [0.15, 0.2) is 28.7 Å². The number of aliphatic hydroxyl groups excluding tert-OH is 2. The van der Waals surface area contributed by atoms with Gasteiger partial charge in [-0.3, -0.25) is 4.90 Å². The third-order valence-corrected chi connectivity index (χ3v) is 3.94. The molecule has 1 saturated heterocycles. The van der Waals surface area contributed by atoms with Crippen LogP contribution in [0.5, 0.6) is 0 Å². The van der Waals surface area contributed by atoms with Crippen LogP contribution in [0.2, 0.25) is 0 Å². The molecule has 1 aliphatic heterocycles. The predicted octanol–water partition coefficient (Wildman–Crippen LogP) is 1.05. The summed E-state index contributed by atoms with van der Waals surface area (Å²) < 4.78 is 18.8. The first-order valence-corrected chi connectivity index (χ1v) is 7.25. The zero-order valence-corrected chi connectivity index (χ0v) is 12.0. The average molecular weight is 307 g/mol. The van der Waals surface area contributed by atoms with Gasteiger partial charge in [-0.05, 0) is 31.2 Å². The smallest absolute Gasteiger partial charge is 0.247 e. The number of hydrogen-bond donors (Lipinski definition) is 2. The number of piperidine rings is 1. The van der Waals surface area contributed by atoms with Crippen molar-refractivity contribution in [3.8, 4) is 11.5 Å². The fourth-order valence-electron chi connectivity index (χ4n) is 2.65. The minimum Gasteiger partial charge on any atom is -0.419 e. The van der Waals surface area contributed by atoms with Crippen molar-refractivity contribution < 1.29 is 19.0 Å². The Bertz CT molecular complexity index is 634. The first-order valence-electron chi connectivity index (χ1n) is 7.25. The zero-order chi connectivity index (χ0) is 15.5. The van der Waals surface area contributed by atoms with Gasteiger partial charge in [0, 0.05) is 24.6 Å². The maximum Gasteiger partial charge on any atom is 0.247 e. The third kappa shape index (κ3) is 3.32. The second-order valence-corrected chi connectivity index (χ2v) is 5.55. The van der Waals surface area contributed by atoms with Gasteiger partial charge in [-0.15, -0.1) is 10.2 Å². The second-order valence-electron chi connectivity index (χ2n) is 5.55. The van der Waals surface area contributed by atoms with Crippen molar-refractivity contribution in [1.29, 1.82) is 0 Å². The molecule has 1 aromatic carbocycles. The van der Waals surface area contributed by atoms with Crippen molar-refractivity contribution in [3.05, 3.63) is 36.0 Å². The minimum atomic E-state index is -0.552. The number of β-amino-alcohol motifs (C(OH)–C–C–N with tert-alkyl or cyclic N) is 1. The van der Waals surface area contributed by atoms with Crippen LogP contribution in [0.25, 0.3) is 11.5 Å². The van der Waals surface area contributed by atoms with E-state index >= 15 is 0 Å². The van der Waals surface area contributed by atoms with Crippen LogP contribution in [0.4, 0.5) is 4.39 Å². The van der Waals surface area contributed by atoms with Crippen molar-refractivity contribution in [1.82, 2.24) is 15.1 Å². The number of hydrogen-bond acceptors (Lipinski definition) is 6. The van der Waals surface area contributed by atoms with E-state index < -0.39 is 6.10 Å². The molecular weight excluding hydrogens is 289 g/mol. The summed E-state index contributed by atoms with van der Waals surface area (Å²) in [6.07, 6.45) is 0.173. The van der Waals surface area contributed by atoms with E-state index in [1.54, 1.807) is 12.1 Å². The average Bonchev–Trinajstić information content (AvgIpc) is 2.96. The van der Waals surface area contributed by atoms with Crippen LogP contribution in [-0.4, -0.2) is 51.1 Å². The van der Waals surface area contributed by atoms with Gasteiger partial charge in [0.1, 0.15) is 5.82 Å². The molecule has 0 saturated carbocycles. The number of benzene rings is 1. The van der Waals surface area contributed by atoms with E-state index in [-0.39, 0.29) is 24.2 Å². The van der Waals surface area contributed by atoms with Crippen molar-refractivity contribution in [3.63, 3.8) is 0 Å². The number of halogens is 1. The summed E-state index contributed by atoms with van der Waals surface area (Å²) in [6, 6.07) is 5.99. The number of aliphatic hydroxyl groups is 2. The molecule has 0 aliphatic carbocycles. The van der Waals surface area contributed by atoms with Gasteiger partial charge in [0.15, 0.2) is 0 Å². The molecule has 0 amide bonds. The van der Waals surface area contributed by atoms with Crippen LogP contribution >= 0.6 is 0 Å². The lowest BCUT2D eigenvalue weighted by Gasteiger charge is -2.34. The molecule has 1 fully saturated rings. The second kappa shape index (κ2) is 6.51. The van der Waals surface area contributed by atoms with E-state index in [0.717, 1.165) is 13.0 Å². The fraction of sp³-hybridized carbons (Fsp3) is 0.467. The first kappa shape index (κ1) is 15.1. The summed E-state index contributed by atoms with van der Waals surface area (Å²) in [5.41, 5.74) is 0.540. The molecule has 2 N–H and O–H groups in total. The molecule has 1 aliphatic rings. The van der Waals surface area contributed by atoms with Crippen molar-refractivity contribution in [2.24, 2.45) is 5.92 Å². The zero-order valence-electron chi connectivity index (χ0n) is 12.0. The van der Waals surface area contributed by atoms with Crippen LogP contribution in [0.3, 0.4) is 0 Å². The molecule has 6 nitrogen and oxygen atoms in total. The van der Waals surface area contributed by atoms with Crippen molar-refractivity contribution in [2.75, 3.05) is 19.7 Å². The van der Waals surface area contributed by atoms with Crippen LogP contribution in [-0.2, 0) is 6.54 Å². The van der Waals surface area contributed by atoms with Gasteiger partial charge in [0.2, 0.25) is 11.8 Å². The molecule has 0 unspecified atom stereocenters. The molecule has 22 heavy (non-hydrogen) atoms.